The molecular formula is C16H24F2N2. The molecular weight excluding hydrogens is 258 g/mol. The van der Waals surface area contributed by atoms with Crippen LogP contribution < -0.4 is 11.3 Å². The zero-order valence-corrected chi connectivity index (χ0v) is 11.9. The Bertz CT molecular complexity index is 395. The van der Waals surface area contributed by atoms with Crippen LogP contribution >= 0.6 is 0 Å². The Morgan fingerprint density at radius 3 is 2.20 bits per heavy atom. The highest BCUT2D eigenvalue weighted by Gasteiger charge is 2.18. The minimum Gasteiger partial charge on any atom is -0.271 e. The second-order valence-electron chi connectivity index (χ2n) is 5.94. The van der Waals surface area contributed by atoms with Gasteiger partial charge in [0.05, 0.1) is 0 Å². The smallest absolute Gasteiger partial charge is 0.126 e. The van der Waals surface area contributed by atoms with E-state index in [-0.39, 0.29) is 6.04 Å². The number of hydrazine groups is 1. The van der Waals surface area contributed by atoms with Crippen LogP contribution in [0.5, 0.6) is 0 Å². The molecule has 0 aromatic heterocycles. The number of benzene rings is 1. The molecule has 2 rings (SSSR count). The van der Waals surface area contributed by atoms with Crippen LogP contribution in [0.15, 0.2) is 18.2 Å². The molecule has 1 aliphatic carbocycles. The van der Waals surface area contributed by atoms with Crippen molar-refractivity contribution in [3.8, 4) is 0 Å². The number of nitrogens with two attached hydrogens (primary N) is 1. The molecule has 20 heavy (non-hydrogen) atoms. The normalized spacial score (nSPS) is 18.8. The van der Waals surface area contributed by atoms with E-state index >= 15 is 0 Å². The molecule has 1 aliphatic rings. The first-order valence-electron chi connectivity index (χ1n) is 7.58. The van der Waals surface area contributed by atoms with Crippen LogP contribution in [0.3, 0.4) is 0 Å². The van der Waals surface area contributed by atoms with Crippen molar-refractivity contribution in [2.75, 3.05) is 0 Å². The van der Waals surface area contributed by atoms with E-state index < -0.39 is 11.6 Å². The summed E-state index contributed by atoms with van der Waals surface area (Å²) in [4.78, 5) is 0. The van der Waals surface area contributed by atoms with E-state index in [4.69, 9.17) is 5.84 Å². The summed E-state index contributed by atoms with van der Waals surface area (Å²) in [5.74, 6) is 5.25. The van der Waals surface area contributed by atoms with Gasteiger partial charge in [-0.25, -0.2) is 8.78 Å². The van der Waals surface area contributed by atoms with Crippen molar-refractivity contribution in [1.82, 2.24) is 5.43 Å². The van der Waals surface area contributed by atoms with E-state index in [1.165, 1.54) is 50.7 Å². The van der Waals surface area contributed by atoms with E-state index in [1.54, 1.807) is 0 Å². The molecule has 0 spiro atoms. The molecule has 1 fully saturated rings. The monoisotopic (exact) mass is 282 g/mol. The first-order valence-corrected chi connectivity index (χ1v) is 7.58. The third kappa shape index (κ3) is 4.84. The summed E-state index contributed by atoms with van der Waals surface area (Å²) in [6.07, 6.45) is 9.27. The van der Waals surface area contributed by atoms with Gasteiger partial charge in [-0.05, 0) is 36.5 Å². The summed E-state index contributed by atoms with van der Waals surface area (Å²) in [7, 11) is 0. The first-order chi connectivity index (χ1) is 9.67. The van der Waals surface area contributed by atoms with E-state index in [0.717, 1.165) is 12.5 Å². The van der Waals surface area contributed by atoms with Crippen LogP contribution in [0.25, 0.3) is 0 Å². The molecule has 1 unspecified atom stereocenters. The van der Waals surface area contributed by atoms with Gasteiger partial charge in [0.15, 0.2) is 0 Å². The van der Waals surface area contributed by atoms with Crippen molar-refractivity contribution >= 4 is 0 Å². The van der Waals surface area contributed by atoms with Gasteiger partial charge in [0.25, 0.3) is 0 Å². The Hall–Kier alpha value is -1.00. The summed E-state index contributed by atoms with van der Waals surface area (Å²) in [6, 6.07) is 3.76. The van der Waals surface area contributed by atoms with Gasteiger partial charge in [0.2, 0.25) is 0 Å². The molecule has 0 amide bonds. The number of rotatable bonds is 5. The van der Waals surface area contributed by atoms with E-state index in [9.17, 15) is 8.78 Å². The minimum atomic E-state index is -0.523. The summed E-state index contributed by atoms with van der Waals surface area (Å²) >= 11 is 0. The maximum Gasteiger partial charge on any atom is 0.126 e. The first kappa shape index (κ1) is 15.4. The Labute approximate surface area is 119 Å². The zero-order valence-electron chi connectivity index (χ0n) is 11.9. The fourth-order valence-electron chi connectivity index (χ4n) is 3.23. The molecule has 1 aromatic carbocycles. The van der Waals surface area contributed by atoms with E-state index in [0.29, 0.717) is 17.9 Å². The van der Waals surface area contributed by atoms with Crippen molar-refractivity contribution in [3.05, 3.63) is 35.4 Å². The standard InChI is InChI=1S/C16H24F2N2/c17-14-7-13(8-15(18)11-14)10-16(20-19)9-12-5-3-1-2-4-6-12/h7-8,11-12,16,20H,1-6,9-10,19H2. The SMILES string of the molecule is NNC(Cc1cc(F)cc(F)c1)CC1CCCCCC1. The predicted octanol–water partition coefficient (Wildman–Crippen LogP) is 3.70. The van der Waals surface area contributed by atoms with Gasteiger partial charge in [-0.15, -0.1) is 0 Å². The third-order valence-electron chi connectivity index (χ3n) is 4.23. The average molecular weight is 282 g/mol. The van der Waals surface area contributed by atoms with Crippen LogP contribution in [0, 0.1) is 17.6 Å². The molecule has 112 valence electrons. The molecule has 0 radical (unpaired) electrons. The second kappa shape index (κ2) is 7.70. The van der Waals surface area contributed by atoms with Gasteiger partial charge in [0, 0.05) is 12.1 Å². The van der Waals surface area contributed by atoms with Crippen LogP contribution in [0.1, 0.15) is 50.5 Å². The van der Waals surface area contributed by atoms with Crippen LogP contribution in [-0.4, -0.2) is 6.04 Å². The minimum absolute atomic E-state index is 0.0827. The lowest BCUT2D eigenvalue weighted by Gasteiger charge is -2.22. The highest BCUT2D eigenvalue weighted by molar-refractivity contribution is 5.19. The molecule has 2 nitrogen and oxygen atoms in total. The molecule has 0 saturated heterocycles. The lowest BCUT2D eigenvalue weighted by molar-refractivity contribution is 0.352. The third-order valence-corrected chi connectivity index (χ3v) is 4.23. The molecule has 0 bridgehead atoms. The van der Waals surface area contributed by atoms with E-state index in [2.05, 4.69) is 5.43 Å². The van der Waals surface area contributed by atoms with Crippen molar-refractivity contribution < 1.29 is 8.78 Å². The number of hydrogen-bond acceptors (Lipinski definition) is 2. The highest BCUT2D eigenvalue weighted by Crippen LogP contribution is 2.27. The summed E-state index contributed by atoms with van der Waals surface area (Å²) in [5, 5.41) is 0. The van der Waals surface area contributed by atoms with E-state index in [1.807, 2.05) is 0 Å². The lowest BCUT2D eigenvalue weighted by atomic mass is 9.90. The number of hydrogen-bond donors (Lipinski definition) is 2. The largest absolute Gasteiger partial charge is 0.271 e. The van der Waals surface area contributed by atoms with Gasteiger partial charge in [0.1, 0.15) is 11.6 Å². The van der Waals surface area contributed by atoms with Crippen LogP contribution in [0.4, 0.5) is 8.78 Å². The van der Waals surface area contributed by atoms with Crippen molar-refractivity contribution in [3.63, 3.8) is 0 Å². The Morgan fingerprint density at radius 1 is 1.05 bits per heavy atom. The maximum atomic E-state index is 13.2. The van der Waals surface area contributed by atoms with Gasteiger partial charge < -0.3 is 0 Å². The summed E-state index contributed by atoms with van der Waals surface area (Å²) < 4.78 is 26.4. The molecule has 1 aromatic rings. The lowest BCUT2D eigenvalue weighted by Crippen LogP contribution is -2.38. The molecule has 0 aliphatic heterocycles. The second-order valence-corrected chi connectivity index (χ2v) is 5.94. The fourth-order valence-corrected chi connectivity index (χ4v) is 3.23. The van der Waals surface area contributed by atoms with Gasteiger partial charge in [-0.2, -0.15) is 0 Å². The molecule has 4 heteroatoms. The summed E-state index contributed by atoms with van der Waals surface area (Å²) in [6.45, 7) is 0. The van der Waals surface area contributed by atoms with Crippen molar-refractivity contribution in [2.24, 2.45) is 11.8 Å². The Morgan fingerprint density at radius 2 is 1.65 bits per heavy atom. The van der Waals surface area contributed by atoms with Crippen molar-refractivity contribution in [2.45, 2.75) is 57.4 Å². The zero-order chi connectivity index (χ0) is 14.4. The van der Waals surface area contributed by atoms with Gasteiger partial charge in [-0.3, -0.25) is 11.3 Å². The summed E-state index contributed by atoms with van der Waals surface area (Å²) in [5.41, 5.74) is 3.48. The topological polar surface area (TPSA) is 38.0 Å². The highest BCUT2D eigenvalue weighted by atomic mass is 19.1. The Balaban J connectivity index is 1.93. The maximum absolute atomic E-state index is 13.2. The molecule has 0 heterocycles. The molecule has 3 N–H and O–H groups in total. The van der Waals surface area contributed by atoms with Gasteiger partial charge >= 0.3 is 0 Å². The Kier molecular flexibility index (Phi) is 5.92. The predicted molar refractivity (Wildman–Crippen MR) is 77.0 cm³/mol. The average Bonchev–Trinajstić information content (AvgIpc) is 2.65. The van der Waals surface area contributed by atoms with Crippen LogP contribution in [0.2, 0.25) is 0 Å². The van der Waals surface area contributed by atoms with Crippen LogP contribution in [-0.2, 0) is 6.42 Å². The van der Waals surface area contributed by atoms with Crippen molar-refractivity contribution in [1.29, 1.82) is 0 Å². The quantitative estimate of drug-likeness (QED) is 0.491. The molecule has 1 saturated carbocycles. The van der Waals surface area contributed by atoms with Gasteiger partial charge in [-0.1, -0.05) is 38.5 Å². The fraction of sp³-hybridized carbons (Fsp3) is 0.625. The number of halogens is 2. The number of nitrogens with one attached hydrogen (secondary N) is 1. The molecule has 1 atom stereocenters.